The monoisotopic (exact) mass is 127 g/mol. The Morgan fingerprint density at radius 2 is 2.22 bits per heavy atom. The summed E-state index contributed by atoms with van der Waals surface area (Å²) >= 11 is 0. The summed E-state index contributed by atoms with van der Waals surface area (Å²) in [6.07, 6.45) is 5.66. The van der Waals surface area contributed by atoms with Crippen LogP contribution in [-0.2, 0) is 0 Å². The van der Waals surface area contributed by atoms with Gasteiger partial charge in [-0.25, -0.2) is 0 Å². The molecule has 0 aromatic carbocycles. The van der Waals surface area contributed by atoms with Crippen LogP contribution in [0, 0.1) is 5.92 Å². The third kappa shape index (κ3) is 2.35. The van der Waals surface area contributed by atoms with Crippen LogP contribution in [0.5, 0.6) is 0 Å². The Morgan fingerprint density at radius 3 is 2.56 bits per heavy atom. The maximum atomic E-state index is 3.32. The fourth-order valence-electron chi connectivity index (χ4n) is 1.24. The highest BCUT2D eigenvalue weighted by Crippen LogP contribution is 2.33. The Labute approximate surface area is 57.8 Å². The molecule has 0 aromatic rings. The Kier molecular flexibility index (Phi) is 2.52. The number of hydrogen-bond acceptors (Lipinski definition) is 1. The van der Waals surface area contributed by atoms with Crippen LogP contribution in [0.3, 0.4) is 0 Å². The minimum atomic E-state index is 0.789. The summed E-state index contributed by atoms with van der Waals surface area (Å²) in [4.78, 5) is 0. The predicted molar refractivity (Wildman–Crippen MR) is 40.5 cm³/mol. The van der Waals surface area contributed by atoms with E-state index < -0.39 is 0 Å². The lowest BCUT2D eigenvalue weighted by atomic mass is 10.1. The van der Waals surface area contributed by atoms with Gasteiger partial charge >= 0.3 is 0 Å². The Bertz CT molecular complexity index is 72.6. The standard InChI is InChI=1S/C8H17N/c1-3-8(9-2)6-7-4-5-7/h7-9H,3-6H2,1-2H3. The smallest absolute Gasteiger partial charge is 0.00640 e. The zero-order valence-electron chi connectivity index (χ0n) is 6.48. The molecule has 1 unspecified atom stereocenters. The molecule has 1 heteroatoms. The van der Waals surface area contributed by atoms with Crippen molar-refractivity contribution in [3.05, 3.63) is 0 Å². The van der Waals surface area contributed by atoms with Crippen molar-refractivity contribution in [3.63, 3.8) is 0 Å². The quantitative estimate of drug-likeness (QED) is 0.607. The molecule has 1 rings (SSSR count). The van der Waals surface area contributed by atoms with Gasteiger partial charge in [-0.05, 0) is 25.8 Å². The molecule has 0 aliphatic heterocycles. The van der Waals surface area contributed by atoms with Crippen LogP contribution in [0.15, 0.2) is 0 Å². The van der Waals surface area contributed by atoms with Gasteiger partial charge in [0.15, 0.2) is 0 Å². The minimum absolute atomic E-state index is 0.789. The van der Waals surface area contributed by atoms with Gasteiger partial charge < -0.3 is 5.32 Å². The molecular formula is C8H17N. The van der Waals surface area contributed by atoms with Gasteiger partial charge in [-0.1, -0.05) is 19.8 Å². The normalized spacial score (nSPS) is 22.0. The molecule has 1 N–H and O–H groups in total. The summed E-state index contributed by atoms with van der Waals surface area (Å²) in [6.45, 7) is 2.25. The second kappa shape index (κ2) is 3.21. The van der Waals surface area contributed by atoms with Crippen LogP contribution in [0.2, 0.25) is 0 Å². The SMILES string of the molecule is CCC(CC1CC1)NC. The minimum Gasteiger partial charge on any atom is -0.317 e. The van der Waals surface area contributed by atoms with Gasteiger partial charge in [0.25, 0.3) is 0 Å². The Morgan fingerprint density at radius 1 is 1.56 bits per heavy atom. The molecule has 1 nitrogen and oxygen atoms in total. The van der Waals surface area contributed by atoms with E-state index in [1.54, 1.807) is 0 Å². The van der Waals surface area contributed by atoms with Crippen LogP contribution < -0.4 is 5.32 Å². The molecule has 0 saturated heterocycles. The van der Waals surface area contributed by atoms with Gasteiger partial charge in [0.05, 0.1) is 0 Å². The van der Waals surface area contributed by atoms with Crippen LogP contribution >= 0.6 is 0 Å². The van der Waals surface area contributed by atoms with Crippen molar-refractivity contribution in [2.45, 2.75) is 38.6 Å². The molecule has 0 heterocycles. The van der Waals surface area contributed by atoms with Crippen LogP contribution in [0.25, 0.3) is 0 Å². The fraction of sp³-hybridized carbons (Fsp3) is 1.00. The number of rotatable bonds is 4. The van der Waals surface area contributed by atoms with Crippen LogP contribution in [0.4, 0.5) is 0 Å². The van der Waals surface area contributed by atoms with E-state index in [-0.39, 0.29) is 0 Å². The summed E-state index contributed by atoms with van der Waals surface area (Å²) in [5.41, 5.74) is 0. The van der Waals surface area contributed by atoms with E-state index in [1.807, 2.05) is 0 Å². The molecule has 1 atom stereocenters. The van der Waals surface area contributed by atoms with Crippen molar-refractivity contribution in [2.24, 2.45) is 5.92 Å². The lowest BCUT2D eigenvalue weighted by Gasteiger charge is -2.11. The molecule has 1 aliphatic carbocycles. The van der Waals surface area contributed by atoms with Gasteiger partial charge in [-0.2, -0.15) is 0 Å². The summed E-state index contributed by atoms with van der Waals surface area (Å²) in [7, 11) is 2.07. The highest BCUT2D eigenvalue weighted by molar-refractivity contribution is 4.78. The third-order valence-electron chi connectivity index (χ3n) is 2.22. The Balaban J connectivity index is 2.05. The van der Waals surface area contributed by atoms with Crippen LogP contribution in [0.1, 0.15) is 32.6 Å². The van der Waals surface area contributed by atoms with Crippen molar-refractivity contribution in [3.8, 4) is 0 Å². The lowest BCUT2D eigenvalue weighted by Crippen LogP contribution is -2.24. The zero-order valence-corrected chi connectivity index (χ0v) is 6.48. The molecule has 1 fully saturated rings. The van der Waals surface area contributed by atoms with E-state index in [0.29, 0.717) is 0 Å². The van der Waals surface area contributed by atoms with Gasteiger partial charge in [0.2, 0.25) is 0 Å². The topological polar surface area (TPSA) is 12.0 Å². The second-order valence-corrected chi connectivity index (χ2v) is 3.07. The first-order valence-electron chi connectivity index (χ1n) is 4.04. The van der Waals surface area contributed by atoms with E-state index in [2.05, 4.69) is 19.3 Å². The third-order valence-corrected chi connectivity index (χ3v) is 2.22. The largest absolute Gasteiger partial charge is 0.317 e. The molecule has 1 saturated carbocycles. The second-order valence-electron chi connectivity index (χ2n) is 3.07. The summed E-state index contributed by atoms with van der Waals surface area (Å²) in [5, 5.41) is 3.32. The van der Waals surface area contributed by atoms with Gasteiger partial charge in [0, 0.05) is 6.04 Å². The molecule has 0 bridgehead atoms. The van der Waals surface area contributed by atoms with Crippen molar-refractivity contribution in [1.82, 2.24) is 5.32 Å². The molecule has 1 aliphatic rings. The zero-order chi connectivity index (χ0) is 6.69. The highest BCUT2D eigenvalue weighted by atomic mass is 14.9. The van der Waals surface area contributed by atoms with Crippen molar-refractivity contribution < 1.29 is 0 Å². The predicted octanol–water partition coefficient (Wildman–Crippen LogP) is 1.78. The van der Waals surface area contributed by atoms with Crippen molar-refractivity contribution in [2.75, 3.05) is 7.05 Å². The van der Waals surface area contributed by atoms with Crippen LogP contribution in [-0.4, -0.2) is 13.1 Å². The van der Waals surface area contributed by atoms with E-state index in [0.717, 1.165) is 12.0 Å². The highest BCUT2D eigenvalue weighted by Gasteiger charge is 2.23. The first-order chi connectivity index (χ1) is 4.36. The number of nitrogens with one attached hydrogen (secondary N) is 1. The fourth-order valence-corrected chi connectivity index (χ4v) is 1.24. The van der Waals surface area contributed by atoms with E-state index in [1.165, 1.54) is 25.7 Å². The summed E-state index contributed by atoms with van der Waals surface area (Å²) in [6, 6.07) is 0.789. The first-order valence-corrected chi connectivity index (χ1v) is 4.04. The maximum Gasteiger partial charge on any atom is 0.00640 e. The maximum absolute atomic E-state index is 3.32. The molecule has 0 aromatic heterocycles. The van der Waals surface area contributed by atoms with Gasteiger partial charge in [-0.15, -0.1) is 0 Å². The van der Waals surface area contributed by atoms with E-state index in [4.69, 9.17) is 0 Å². The van der Waals surface area contributed by atoms with Gasteiger partial charge in [-0.3, -0.25) is 0 Å². The van der Waals surface area contributed by atoms with E-state index >= 15 is 0 Å². The Hall–Kier alpha value is -0.0400. The van der Waals surface area contributed by atoms with Crippen molar-refractivity contribution >= 4 is 0 Å². The average molecular weight is 127 g/mol. The summed E-state index contributed by atoms with van der Waals surface area (Å²) < 4.78 is 0. The molecule has 0 radical (unpaired) electrons. The molecule has 54 valence electrons. The van der Waals surface area contributed by atoms with E-state index in [9.17, 15) is 0 Å². The molecule has 9 heavy (non-hydrogen) atoms. The van der Waals surface area contributed by atoms with Crippen molar-refractivity contribution in [1.29, 1.82) is 0 Å². The van der Waals surface area contributed by atoms with Gasteiger partial charge in [0.1, 0.15) is 0 Å². The molecular weight excluding hydrogens is 110 g/mol. The molecule has 0 spiro atoms. The number of hydrogen-bond donors (Lipinski definition) is 1. The summed E-state index contributed by atoms with van der Waals surface area (Å²) in [5.74, 6) is 1.07. The average Bonchev–Trinajstić information content (AvgIpc) is 2.66. The molecule has 0 amide bonds. The first kappa shape index (κ1) is 7.07. The lowest BCUT2D eigenvalue weighted by molar-refractivity contribution is 0.480.